The second kappa shape index (κ2) is 6.07. The number of nitriles is 1. The number of rotatable bonds is 1. The monoisotopic (exact) mass is 317 g/mol. The van der Waals surface area contributed by atoms with Gasteiger partial charge in [-0.25, -0.2) is 0 Å². The fourth-order valence-corrected chi connectivity index (χ4v) is 3.27. The molecule has 1 aromatic heterocycles. The Balaban J connectivity index is 0.00000176. The molecule has 3 rings (SSSR count). The minimum Gasteiger partial charge on any atom is -0.368 e. The van der Waals surface area contributed by atoms with E-state index < -0.39 is 0 Å². The average molecular weight is 318 g/mol. The maximum absolute atomic E-state index is 9.21. The summed E-state index contributed by atoms with van der Waals surface area (Å²) in [6.45, 7) is 6.20. The molecule has 0 bridgehead atoms. The van der Waals surface area contributed by atoms with Crippen LogP contribution in [-0.4, -0.2) is 29.1 Å². The maximum Gasteiger partial charge on any atom is 0.113 e. The van der Waals surface area contributed by atoms with E-state index in [2.05, 4.69) is 34.8 Å². The molecule has 1 aromatic carbocycles. The molecule has 116 valence electrons. The lowest BCUT2D eigenvalue weighted by Crippen LogP contribution is -2.50. The Bertz CT molecular complexity index is 722. The smallest absolute Gasteiger partial charge is 0.113 e. The van der Waals surface area contributed by atoms with Gasteiger partial charge in [-0.1, -0.05) is 13.8 Å². The molecule has 1 atom stereocenters. The van der Waals surface area contributed by atoms with Crippen LogP contribution in [0.15, 0.2) is 24.5 Å². The number of fused-ring (bicyclic) bond motifs is 1. The van der Waals surface area contributed by atoms with E-state index in [0.29, 0.717) is 11.1 Å². The fourth-order valence-electron chi connectivity index (χ4n) is 3.27. The summed E-state index contributed by atoms with van der Waals surface area (Å²) in [5, 5.41) is 9.21. The lowest BCUT2D eigenvalue weighted by molar-refractivity contribution is 0.268. The number of nitrogens with zero attached hydrogens (tertiary/aromatic N) is 4. The van der Waals surface area contributed by atoms with Crippen LogP contribution in [0.4, 0.5) is 5.69 Å². The molecule has 1 aliphatic rings. The molecule has 22 heavy (non-hydrogen) atoms. The number of nitrogens with two attached hydrogens (primary N) is 1. The summed E-state index contributed by atoms with van der Waals surface area (Å²) in [5.41, 5.74) is 9.39. The Morgan fingerprint density at radius 1 is 1.27 bits per heavy atom. The highest BCUT2D eigenvalue weighted by molar-refractivity contribution is 5.92. The Labute approximate surface area is 136 Å². The number of anilines is 1. The first kappa shape index (κ1) is 16.5. The zero-order valence-electron chi connectivity index (χ0n) is 12.8. The quantitative estimate of drug-likeness (QED) is 0.874. The summed E-state index contributed by atoms with van der Waals surface area (Å²) in [5.74, 6) is 0. The fraction of sp³-hybridized carbons (Fsp3) is 0.438. The number of benzene rings is 1. The highest BCUT2D eigenvalue weighted by Gasteiger charge is 2.32. The predicted octanol–water partition coefficient (Wildman–Crippen LogP) is 2.49. The number of halogens is 1. The van der Waals surface area contributed by atoms with Gasteiger partial charge >= 0.3 is 0 Å². The summed E-state index contributed by atoms with van der Waals surface area (Å²) in [4.78, 5) is 11.0. The summed E-state index contributed by atoms with van der Waals surface area (Å²) < 4.78 is 0. The first-order chi connectivity index (χ1) is 10.00. The number of hydrogen-bond acceptors (Lipinski definition) is 5. The minimum absolute atomic E-state index is 0. The van der Waals surface area contributed by atoms with E-state index in [1.807, 2.05) is 12.1 Å². The van der Waals surface area contributed by atoms with Gasteiger partial charge in [-0.2, -0.15) is 5.26 Å². The molecule has 0 radical (unpaired) electrons. The highest BCUT2D eigenvalue weighted by Crippen LogP contribution is 2.34. The van der Waals surface area contributed by atoms with Crippen LogP contribution in [0.3, 0.4) is 0 Å². The van der Waals surface area contributed by atoms with Crippen molar-refractivity contribution < 1.29 is 0 Å². The topological polar surface area (TPSA) is 78.8 Å². The number of hydrogen-bond donors (Lipinski definition) is 1. The second-order valence-electron chi connectivity index (χ2n) is 6.51. The van der Waals surface area contributed by atoms with Crippen molar-refractivity contribution in [1.29, 1.82) is 5.26 Å². The van der Waals surface area contributed by atoms with Gasteiger partial charge in [0.25, 0.3) is 0 Å². The van der Waals surface area contributed by atoms with Gasteiger partial charge in [-0.3, -0.25) is 9.97 Å². The molecule has 2 heterocycles. The Morgan fingerprint density at radius 3 is 2.59 bits per heavy atom. The van der Waals surface area contributed by atoms with Crippen LogP contribution >= 0.6 is 12.4 Å². The van der Waals surface area contributed by atoms with E-state index in [-0.39, 0.29) is 23.9 Å². The van der Waals surface area contributed by atoms with Gasteiger partial charge in [-0.15, -0.1) is 12.4 Å². The molecular formula is C16H20ClN5. The Hall–Kier alpha value is -1.90. The van der Waals surface area contributed by atoms with Crippen LogP contribution in [0.5, 0.6) is 0 Å². The zero-order chi connectivity index (χ0) is 15.0. The molecule has 2 N–H and O–H groups in total. The lowest BCUT2D eigenvalue weighted by Gasteiger charge is -2.42. The molecule has 0 unspecified atom stereocenters. The molecule has 2 aromatic rings. The first-order valence-electron chi connectivity index (χ1n) is 7.14. The molecule has 6 heteroatoms. The largest absolute Gasteiger partial charge is 0.368 e. The highest BCUT2D eigenvalue weighted by atomic mass is 35.5. The molecule has 0 saturated carbocycles. The van der Waals surface area contributed by atoms with Crippen molar-refractivity contribution in [3.8, 4) is 6.07 Å². The number of aromatic nitrogens is 2. The van der Waals surface area contributed by atoms with Crippen LogP contribution in [0, 0.1) is 16.7 Å². The van der Waals surface area contributed by atoms with Crippen molar-refractivity contribution in [1.82, 2.24) is 9.97 Å². The summed E-state index contributed by atoms with van der Waals surface area (Å²) in [6.07, 6.45) is 4.31. The van der Waals surface area contributed by atoms with Crippen LogP contribution in [0.1, 0.15) is 25.8 Å². The maximum atomic E-state index is 9.21. The molecule has 1 aliphatic heterocycles. The molecule has 5 nitrogen and oxygen atoms in total. The van der Waals surface area contributed by atoms with Gasteiger partial charge in [-0.05, 0) is 24.0 Å². The zero-order valence-corrected chi connectivity index (χ0v) is 13.6. The summed E-state index contributed by atoms with van der Waals surface area (Å²) in [7, 11) is 0. The standard InChI is InChI=1S/C16H19N5.ClH/c1-16(2)7-12(18)9-21(10-16)13-4-3-11(8-17)14-15(13)20-6-5-19-14;/h3-6,12H,7,9-10,18H2,1-2H3;1H/t12-;/m1./s1. The molecule has 0 aliphatic carbocycles. The summed E-state index contributed by atoms with van der Waals surface area (Å²) in [6, 6.07) is 6.11. The third-order valence-corrected chi connectivity index (χ3v) is 3.95. The summed E-state index contributed by atoms with van der Waals surface area (Å²) >= 11 is 0. The molecular weight excluding hydrogens is 298 g/mol. The molecule has 1 fully saturated rings. The van der Waals surface area contributed by atoms with E-state index >= 15 is 0 Å². The van der Waals surface area contributed by atoms with Gasteiger partial charge in [0, 0.05) is 31.5 Å². The van der Waals surface area contributed by atoms with E-state index in [1.165, 1.54) is 0 Å². The van der Waals surface area contributed by atoms with Gasteiger partial charge in [0.1, 0.15) is 17.1 Å². The van der Waals surface area contributed by atoms with Gasteiger partial charge in [0.15, 0.2) is 0 Å². The van der Waals surface area contributed by atoms with E-state index in [1.54, 1.807) is 12.4 Å². The van der Waals surface area contributed by atoms with Crippen molar-refractivity contribution in [2.75, 3.05) is 18.0 Å². The van der Waals surface area contributed by atoms with Gasteiger partial charge in [0.05, 0.1) is 11.3 Å². The van der Waals surface area contributed by atoms with Gasteiger partial charge in [0.2, 0.25) is 0 Å². The van der Waals surface area contributed by atoms with E-state index in [9.17, 15) is 5.26 Å². The molecule has 0 amide bonds. The minimum atomic E-state index is 0. The Morgan fingerprint density at radius 2 is 1.95 bits per heavy atom. The van der Waals surface area contributed by atoms with Crippen LogP contribution in [-0.2, 0) is 0 Å². The third-order valence-electron chi connectivity index (χ3n) is 3.95. The lowest BCUT2D eigenvalue weighted by atomic mass is 9.81. The predicted molar refractivity (Wildman–Crippen MR) is 90.1 cm³/mol. The van der Waals surface area contributed by atoms with Crippen LogP contribution in [0.2, 0.25) is 0 Å². The van der Waals surface area contributed by atoms with Crippen molar-refractivity contribution in [2.24, 2.45) is 11.1 Å². The Kier molecular flexibility index (Phi) is 4.55. The number of piperidine rings is 1. The molecule has 1 saturated heterocycles. The van der Waals surface area contributed by atoms with Crippen molar-refractivity contribution in [3.05, 3.63) is 30.1 Å². The third kappa shape index (κ3) is 2.99. The molecule has 0 spiro atoms. The van der Waals surface area contributed by atoms with Crippen LogP contribution < -0.4 is 10.6 Å². The van der Waals surface area contributed by atoms with Crippen molar-refractivity contribution in [3.63, 3.8) is 0 Å². The van der Waals surface area contributed by atoms with Crippen molar-refractivity contribution in [2.45, 2.75) is 26.3 Å². The SMILES string of the molecule is CC1(C)C[C@@H](N)CN(c2ccc(C#N)c3nccnc23)C1.Cl. The van der Waals surface area contributed by atoms with Crippen LogP contribution in [0.25, 0.3) is 11.0 Å². The first-order valence-corrected chi connectivity index (χ1v) is 7.14. The van der Waals surface area contributed by atoms with Gasteiger partial charge < -0.3 is 10.6 Å². The van der Waals surface area contributed by atoms with E-state index in [0.717, 1.165) is 30.7 Å². The van der Waals surface area contributed by atoms with Crippen molar-refractivity contribution >= 4 is 29.1 Å². The van der Waals surface area contributed by atoms with E-state index in [4.69, 9.17) is 5.73 Å². The second-order valence-corrected chi connectivity index (χ2v) is 6.51. The average Bonchev–Trinajstić information content (AvgIpc) is 2.44. The normalized spacial score (nSPS) is 20.3.